The van der Waals surface area contributed by atoms with Gasteiger partial charge in [-0.3, -0.25) is 0 Å². The van der Waals surface area contributed by atoms with Crippen molar-refractivity contribution in [2.24, 2.45) is 0 Å². The fraction of sp³-hybridized carbons (Fsp3) is 0.150. The molecule has 158 valence electrons. The third kappa shape index (κ3) is 4.47. The molecule has 0 bridgehead atoms. The monoisotopic (exact) mass is 454 g/mol. The number of rotatable bonds is 7. The first-order valence-corrected chi connectivity index (χ1v) is 10.4. The molecule has 0 atom stereocenters. The molecule has 0 spiro atoms. The highest BCUT2D eigenvalue weighted by Gasteiger charge is 2.28. The Balaban J connectivity index is 2.13. The first-order valence-electron chi connectivity index (χ1n) is 8.57. The van der Waals surface area contributed by atoms with Gasteiger partial charge in [0.2, 0.25) is 5.95 Å². The van der Waals surface area contributed by atoms with Gasteiger partial charge in [0.1, 0.15) is 23.1 Å². The summed E-state index contributed by atoms with van der Waals surface area (Å²) in [5.74, 6) is -0.898. The Morgan fingerprint density at radius 3 is 2.43 bits per heavy atom. The van der Waals surface area contributed by atoms with Crippen LogP contribution in [0.4, 0.5) is 14.6 Å². The minimum atomic E-state index is -4.28. The Hall–Kier alpha value is -2.91. The van der Waals surface area contributed by atoms with Gasteiger partial charge < -0.3 is 9.47 Å². The summed E-state index contributed by atoms with van der Waals surface area (Å²) in [4.78, 5) is 3.43. The van der Waals surface area contributed by atoms with Gasteiger partial charge in [-0.1, -0.05) is 17.7 Å². The molecule has 0 N–H and O–H groups in total. The zero-order valence-electron chi connectivity index (χ0n) is 16.0. The Bertz CT molecular complexity index is 1180. The molecule has 1 aromatic heterocycles. The molecule has 0 fully saturated rings. The Kier molecular flexibility index (Phi) is 6.42. The highest BCUT2D eigenvalue weighted by molar-refractivity contribution is 7.92. The van der Waals surface area contributed by atoms with E-state index in [1.807, 2.05) is 0 Å². The van der Waals surface area contributed by atoms with Gasteiger partial charge in [0.05, 0.1) is 30.7 Å². The predicted octanol–water partition coefficient (Wildman–Crippen LogP) is 4.43. The average Bonchev–Trinajstić information content (AvgIpc) is 2.73. The quantitative estimate of drug-likeness (QED) is 0.494. The summed E-state index contributed by atoms with van der Waals surface area (Å²) >= 11 is 5.77. The lowest BCUT2D eigenvalue weighted by Crippen LogP contribution is -2.31. The molecular formula is C20H17ClF2N2O4S. The zero-order valence-corrected chi connectivity index (χ0v) is 17.5. The molecule has 2 aromatic carbocycles. The van der Waals surface area contributed by atoms with E-state index in [1.165, 1.54) is 26.4 Å². The molecule has 0 unspecified atom stereocenters. The maximum atomic E-state index is 13.8. The van der Waals surface area contributed by atoms with E-state index in [0.717, 1.165) is 28.6 Å². The maximum Gasteiger partial charge on any atom is 0.265 e. The van der Waals surface area contributed by atoms with Crippen molar-refractivity contribution < 1.29 is 26.7 Å². The highest BCUT2D eigenvalue weighted by atomic mass is 35.5. The largest absolute Gasteiger partial charge is 0.497 e. The van der Waals surface area contributed by atoms with Crippen LogP contribution in [0.3, 0.4) is 0 Å². The summed E-state index contributed by atoms with van der Waals surface area (Å²) in [7, 11) is -1.37. The van der Waals surface area contributed by atoms with Crippen LogP contribution in [0.2, 0.25) is 5.02 Å². The van der Waals surface area contributed by atoms with Crippen molar-refractivity contribution >= 4 is 27.4 Å². The fourth-order valence-electron chi connectivity index (χ4n) is 2.73. The normalized spacial score (nSPS) is 11.2. The van der Waals surface area contributed by atoms with Gasteiger partial charge in [-0.15, -0.1) is 0 Å². The minimum Gasteiger partial charge on any atom is -0.497 e. The number of hydrogen-bond acceptors (Lipinski definition) is 5. The van der Waals surface area contributed by atoms with Gasteiger partial charge >= 0.3 is 0 Å². The third-order valence-corrected chi connectivity index (χ3v) is 6.28. The smallest absolute Gasteiger partial charge is 0.265 e. The molecule has 0 aliphatic rings. The second-order valence-corrected chi connectivity index (χ2v) is 8.35. The molecule has 1 heterocycles. The van der Waals surface area contributed by atoms with E-state index in [1.54, 1.807) is 18.2 Å². The second kappa shape index (κ2) is 8.85. The predicted molar refractivity (Wildman–Crippen MR) is 109 cm³/mol. The number of hydrogen-bond donors (Lipinski definition) is 0. The lowest BCUT2D eigenvalue weighted by atomic mass is 10.2. The Labute approximate surface area is 177 Å². The standard InChI is InChI=1S/C20H17ClF2N2O4S/c1-28-14-7-6-13(18(10-14)29-2)12-25(20-5-3-4-19(23)24-20)30(26,27)15-8-9-17(22)16(21)11-15/h3-11H,12H2,1-2H3. The summed E-state index contributed by atoms with van der Waals surface area (Å²) in [6.45, 7) is -0.235. The van der Waals surface area contributed by atoms with Crippen molar-refractivity contribution in [3.8, 4) is 11.5 Å². The van der Waals surface area contributed by atoms with E-state index in [9.17, 15) is 17.2 Å². The Morgan fingerprint density at radius 2 is 1.80 bits per heavy atom. The topological polar surface area (TPSA) is 68.7 Å². The highest BCUT2D eigenvalue weighted by Crippen LogP contribution is 2.31. The van der Waals surface area contributed by atoms with Crippen molar-refractivity contribution in [3.63, 3.8) is 0 Å². The SMILES string of the molecule is COc1ccc(CN(c2cccc(F)n2)S(=O)(=O)c2ccc(F)c(Cl)c2)c(OC)c1. The molecular weight excluding hydrogens is 438 g/mol. The molecule has 3 aromatic rings. The van der Waals surface area contributed by atoms with Gasteiger partial charge in [0.25, 0.3) is 10.0 Å². The maximum absolute atomic E-state index is 13.8. The molecule has 10 heteroatoms. The average molecular weight is 455 g/mol. The number of halogens is 3. The first kappa shape index (κ1) is 21.8. The summed E-state index contributed by atoms with van der Waals surface area (Å²) in [6, 6.07) is 11.6. The number of anilines is 1. The minimum absolute atomic E-state index is 0.159. The summed E-state index contributed by atoms with van der Waals surface area (Å²) in [6.07, 6.45) is 0. The van der Waals surface area contributed by atoms with Gasteiger partial charge in [-0.05, 0) is 42.5 Å². The molecule has 0 radical (unpaired) electrons. The number of benzene rings is 2. The number of nitrogens with zero attached hydrogens (tertiary/aromatic N) is 2. The number of ether oxygens (including phenoxy) is 2. The summed E-state index contributed by atoms with van der Waals surface area (Å²) in [5.41, 5.74) is 0.473. The third-order valence-electron chi connectivity index (χ3n) is 4.24. The van der Waals surface area contributed by atoms with Crippen LogP contribution in [-0.4, -0.2) is 27.6 Å². The van der Waals surface area contributed by atoms with Crippen LogP contribution in [0.5, 0.6) is 11.5 Å². The van der Waals surface area contributed by atoms with Crippen LogP contribution in [0.15, 0.2) is 59.5 Å². The van der Waals surface area contributed by atoms with Crippen LogP contribution in [-0.2, 0) is 16.6 Å². The van der Waals surface area contributed by atoms with E-state index in [0.29, 0.717) is 17.1 Å². The van der Waals surface area contributed by atoms with Crippen molar-refractivity contribution in [1.82, 2.24) is 4.98 Å². The lowest BCUT2D eigenvalue weighted by Gasteiger charge is -2.24. The number of pyridine rings is 1. The molecule has 3 rings (SSSR count). The molecule has 0 aliphatic heterocycles. The van der Waals surface area contributed by atoms with Crippen LogP contribution >= 0.6 is 11.6 Å². The van der Waals surface area contributed by atoms with E-state index in [4.69, 9.17) is 21.1 Å². The molecule has 30 heavy (non-hydrogen) atoms. The molecule has 0 aliphatic carbocycles. The number of methoxy groups -OCH3 is 2. The van der Waals surface area contributed by atoms with E-state index < -0.39 is 21.8 Å². The van der Waals surface area contributed by atoms with E-state index >= 15 is 0 Å². The van der Waals surface area contributed by atoms with E-state index in [2.05, 4.69) is 4.98 Å². The molecule has 0 amide bonds. The molecule has 0 saturated heterocycles. The van der Waals surface area contributed by atoms with Gasteiger partial charge in [0, 0.05) is 11.6 Å². The Morgan fingerprint density at radius 1 is 1.03 bits per heavy atom. The van der Waals surface area contributed by atoms with Gasteiger partial charge in [-0.2, -0.15) is 4.39 Å². The fourth-order valence-corrected chi connectivity index (χ4v) is 4.39. The van der Waals surface area contributed by atoms with Crippen LogP contribution in [0.1, 0.15) is 5.56 Å². The van der Waals surface area contributed by atoms with Crippen molar-refractivity contribution in [1.29, 1.82) is 0 Å². The van der Waals surface area contributed by atoms with Crippen LogP contribution in [0, 0.1) is 11.8 Å². The number of aromatic nitrogens is 1. The van der Waals surface area contributed by atoms with Crippen LogP contribution in [0.25, 0.3) is 0 Å². The first-order chi connectivity index (χ1) is 14.3. The zero-order chi connectivity index (χ0) is 21.9. The summed E-state index contributed by atoms with van der Waals surface area (Å²) < 4.78 is 65.4. The van der Waals surface area contributed by atoms with Crippen molar-refractivity contribution in [2.75, 3.05) is 18.5 Å². The molecule has 0 saturated carbocycles. The van der Waals surface area contributed by atoms with Gasteiger partial charge in [-0.25, -0.2) is 22.1 Å². The number of sulfonamides is 1. The van der Waals surface area contributed by atoms with E-state index in [-0.39, 0.29) is 22.3 Å². The van der Waals surface area contributed by atoms with Crippen molar-refractivity contribution in [3.05, 3.63) is 76.9 Å². The lowest BCUT2D eigenvalue weighted by molar-refractivity contribution is 0.391. The van der Waals surface area contributed by atoms with Crippen molar-refractivity contribution in [2.45, 2.75) is 11.4 Å². The second-order valence-electron chi connectivity index (χ2n) is 6.08. The van der Waals surface area contributed by atoms with Gasteiger partial charge in [0.15, 0.2) is 0 Å². The van der Waals surface area contributed by atoms with Crippen LogP contribution < -0.4 is 13.8 Å². The molecule has 6 nitrogen and oxygen atoms in total. The summed E-state index contributed by atoms with van der Waals surface area (Å²) in [5, 5.41) is -0.356.